The van der Waals surface area contributed by atoms with E-state index in [4.69, 9.17) is 5.26 Å². The predicted molar refractivity (Wildman–Crippen MR) is 56.0 cm³/mol. The molecule has 0 fully saturated rings. The Morgan fingerprint density at radius 3 is 2.53 bits per heavy atom. The number of nitrogens with zero attached hydrogens (tertiary/aromatic N) is 1. The van der Waals surface area contributed by atoms with Gasteiger partial charge in [-0.25, -0.2) is 0 Å². The molecule has 0 N–H and O–H groups in total. The van der Waals surface area contributed by atoms with Gasteiger partial charge in [0.2, 0.25) is 0 Å². The molecular formula is C12H13NO2. The minimum absolute atomic E-state index is 0.0734. The fourth-order valence-corrected chi connectivity index (χ4v) is 1.37. The van der Waals surface area contributed by atoms with Crippen LogP contribution in [0.4, 0.5) is 0 Å². The zero-order valence-electron chi connectivity index (χ0n) is 8.86. The van der Waals surface area contributed by atoms with Crippen LogP contribution in [0.2, 0.25) is 0 Å². The Kier molecular flexibility index (Phi) is 3.46. The van der Waals surface area contributed by atoms with Gasteiger partial charge in [-0.2, -0.15) is 5.26 Å². The SMILES string of the molecule is COC(=O)CC(C)(C#N)c1ccccc1. The van der Waals surface area contributed by atoms with Crippen molar-refractivity contribution in [1.82, 2.24) is 0 Å². The minimum Gasteiger partial charge on any atom is -0.469 e. The third kappa shape index (κ3) is 2.57. The summed E-state index contributed by atoms with van der Waals surface area (Å²) in [7, 11) is 1.32. The molecule has 3 nitrogen and oxygen atoms in total. The topological polar surface area (TPSA) is 50.1 Å². The van der Waals surface area contributed by atoms with E-state index in [1.807, 2.05) is 30.3 Å². The van der Waals surface area contributed by atoms with Crippen molar-refractivity contribution in [3.8, 4) is 6.07 Å². The van der Waals surface area contributed by atoms with Gasteiger partial charge in [-0.3, -0.25) is 4.79 Å². The fourth-order valence-electron chi connectivity index (χ4n) is 1.37. The van der Waals surface area contributed by atoms with Crippen molar-refractivity contribution in [2.24, 2.45) is 0 Å². The molecular weight excluding hydrogens is 190 g/mol. The van der Waals surface area contributed by atoms with Crippen molar-refractivity contribution >= 4 is 5.97 Å². The highest BCUT2D eigenvalue weighted by Crippen LogP contribution is 2.26. The monoisotopic (exact) mass is 203 g/mol. The molecule has 0 aromatic heterocycles. The van der Waals surface area contributed by atoms with Crippen molar-refractivity contribution in [3.63, 3.8) is 0 Å². The second-order valence-corrected chi connectivity index (χ2v) is 3.56. The van der Waals surface area contributed by atoms with Gasteiger partial charge in [-0.05, 0) is 12.5 Å². The Labute approximate surface area is 89.3 Å². The summed E-state index contributed by atoms with van der Waals surface area (Å²) in [4.78, 5) is 11.2. The summed E-state index contributed by atoms with van der Waals surface area (Å²) in [6, 6.07) is 11.4. The van der Waals surface area contributed by atoms with Crippen LogP contribution in [-0.4, -0.2) is 13.1 Å². The van der Waals surface area contributed by atoms with Gasteiger partial charge in [0.15, 0.2) is 0 Å². The number of carbonyl (C=O) groups excluding carboxylic acids is 1. The predicted octanol–water partition coefficient (Wildman–Crippen LogP) is 2.03. The summed E-state index contributed by atoms with van der Waals surface area (Å²) in [6.45, 7) is 1.74. The first kappa shape index (κ1) is 11.3. The van der Waals surface area contributed by atoms with Crippen LogP contribution in [0.15, 0.2) is 30.3 Å². The molecule has 0 aliphatic rings. The van der Waals surface area contributed by atoms with Crippen molar-refractivity contribution < 1.29 is 9.53 Å². The first-order valence-electron chi connectivity index (χ1n) is 4.66. The second kappa shape index (κ2) is 4.61. The molecule has 0 bridgehead atoms. The molecule has 78 valence electrons. The molecule has 1 aromatic rings. The van der Waals surface area contributed by atoms with Gasteiger partial charge in [0.1, 0.15) is 0 Å². The lowest BCUT2D eigenvalue weighted by molar-refractivity contribution is -0.141. The maximum atomic E-state index is 11.2. The van der Waals surface area contributed by atoms with Gasteiger partial charge < -0.3 is 4.74 Å². The van der Waals surface area contributed by atoms with Gasteiger partial charge in [-0.1, -0.05) is 30.3 Å². The molecule has 1 rings (SSSR count). The number of methoxy groups -OCH3 is 1. The second-order valence-electron chi connectivity index (χ2n) is 3.56. The van der Waals surface area contributed by atoms with Crippen molar-refractivity contribution in [2.45, 2.75) is 18.8 Å². The standard InChI is InChI=1S/C12H13NO2/c1-12(9-13,8-11(14)15-2)10-6-4-3-5-7-10/h3-7H,8H2,1-2H3. The van der Waals surface area contributed by atoms with Gasteiger partial charge in [0.25, 0.3) is 0 Å². The zero-order chi connectivity index (χ0) is 11.3. The number of carbonyl (C=O) groups is 1. The first-order chi connectivity index (χ1) is 7.12. The molecule has 1 atom stereocenters. The Hall–Kier alpha value is -1.82. The average molecular weight is 203 g/mol. The van der Waals surface area contributed by atoms with E-state index in [9.17, 15) is 4.79 Å². The van der Waals surface area contributed by atoms with Crippen LogP contribution in [0.25, 0.3) is 0 Å². The highest BCUT2D eigenvalue weighted by Gasteiger charge is 2.29. The summed E-state index contributed by atoms with van der Waals surface area (Å²) in [5.74, 6) is -0.372. The van der Waals surface area contributed by atoms with Crippen LogP contribution in [0, 0.1) is 11.3 Å². The summed E-state index contributed by atoms with van der Waals surface area (Å²) >= 11 is 0. The Balaban J connectivity index is 2.97. The van der Waals surface area contributed by atoms with E-state index in [0.29, 0.717) is 0 Å². The van der Waals surface area contributed by atoms with E-state index < -0.39 is 5.41 Å². The summed E-state index contributed by atoms with van der Waals surface area (Å²) in [6.07, 6.45) is 0.0734. The maximum Gasteiger partial charge on any atom is 0.307 e. The lowest BCUT2D eigenvalue weighted by Gasteiger charge is -2.20. The van der Waals surface area contributed by atoms with Gasteiger partial charge in [-0.15, -0.1) is 0 Å². The van der Waals surface area contributed by atoms with Crippen LogP contribution >= 0.6 is 0 Å². The molecule has 0 radical (unpaired) electrons. The van der Waals surface area contributed by atoms with Crippen molar-refractivity contribution in [1.29, 1.82) is 5.26 Å². The molecule has 0 amide bonds. The maximum absolute atomic E-state index is 11.2. The molecule has 0 saturated carbocycles. The molecule has 0 spiro atoms. The molecule has 1 unspecified atom stereocenters. The lowest BCUT2D eigenvalue weighted by atomic mass is 9.81. The van der Waals surface area contributed by atoms with Gasteiger partial charge >= 0.3 is 5.97 Å². The van der Waals surface area contributed by atoms with E-state index in [2.05, 4.69) is 10.8 Å². The van der Waals surface area contributed by atoms with E-state index >= 15 is 0 Å². The van der Waals surface area contributed by atoms with Gasteiger partial charge in [0, 0.05) is 0 Å². The number of benzene rings is 1. The van der Waals surface area contributed by atoms with Crippen LogP contribution in [0.3, 0.4) is 0 Å². The average Bonchev–Trinajstić information content (AvgIpc) is 2.30. The first-order valence-corrected chi connectivity index (χ1v) is 4.66. The molecule has 0 aliphatic carbocycles. The number of rotatable bonds is 3. The summed E-state index contributed by atoms with van der Waals surface area (Å²) in [5.41, 5.74) is 0.0202. The number of esters is 1. The third-order valence-corrected chi connectivity index (χ3v) is 2.38. The molecule has 0 saturated heterocycles. The molecule has 0 heterocycles. The lowest BCUT2D eigenvalue weighted by Crippen LogP contribution is -2.24. The Bertz CT molecular complexity index is 380. The smallest absolute Gasteiger partial charge is 0.307 e. The molecule has 15 heavy (non-hydrogen) atoms. The van der Waals surface area contributed by atoms with Crippen LogP contribution < -0.4 is 0 Å². The quantitative estimate of drug-likeness (QED) is 0.706. The van der Waals surface area contributed by atoms with Crippen LogP contribution in [0.1, 0.15) is 18.9 Å². The largest absolute Gasteiger partial charge is 0.469 e. The molecule has 3 heteroatoms. The zero-order valence-corrected chi connectivity index (χ0v) is 8.86. The van der Waals surface area contributed by atoms with E-state index in [0.717, 1.165) is 5.56 Å². The Morgan fingerprint density at radius 2 is 2.07 bits per heavy atom. The highest BCUT2D eigenvalue weighted by atomic mass is 16.5. The molecule has 1 aromatic carbocycles. The van der Waals surface area contributed by atoms with Crippen molar-refractivity contribution in [2.75, 3.05) is 7.11 Å². The summed E-state index contributed by atoms with van der Waals surface area (Å²) in [5, 5.41) is 9.13. The molecule has 0 aliphatic heterocycles. The number of ether oxygens (including phenoxy) is 1. The van der Waals surface area contributed by atoms with E-state index in [1.54, 1.807) is 6.92 Å². The minimum atomic E-state index is -0.811. The van der Waals surface area contributed by atoms with E-state index in [1.165, 1.54) is 7.11 Å². The normalized spacial score (nSPS) is 13.7. The van der Waals surface area contributed by atoms with Gasteiger partial charge in [0.05, 0.1) is 25.0 Å². The van der Waals surface area contributed by atoms with E-state index in [-0.39, 0.29) is 12.4 Å². The third-order valence-electron chi connectivity index (χ3n) is 2.38. The van der Waals surface area contributed by atoms with Crippen molar-refractivity contribution in [3.05, 3.63) is 35.9 Å². The summed E-state index contributed by atoms with van der Waals surface area (Å²) < 4.78 is 4.58. The Morgan fingerprint density at radius 1 is 1.47 bits per heavy atom. The van der Waals surface area contributed by atoms with Crippen LogP contribution in [-0.2, 0) is 14.9 Å². The number of hydrogen-bond donors (Lipinski definition) is 0. The number of hydrogen-bond acceptors (Lipinski definition) is 3. The van der Waals surface area contributed by atoms with Crippen LogP contribution in [0.5, 0.6) is 0 Å². The fraction of sp³-hybridized carbons (Fsp3) is 0.333. The number of nitriles is 1. The highest BCUT2D eigenvalue weighted by molar-refractivity contribution is 5.72.